The zero-order chi connectivity index (χ0) is 15.3. The van der Waals surface area contributed by atoms with Gasteiger partial charge in [0.1, 0.15) is 0 Å². The molecule has 21 heavy (non-hydrogen) atoms. The highest BCUT2D eigenvalue weighted by molar-refractivity contribution is 5.79. The number of guanidine groups is 1. The van der Waals surface area contributed by atoms with Crippen LogP contribution in [-0.4, -0.2) is 34.9 Å². The quantitative estimate of drug-likeness (QED) is 0.396. The van der Waals surface area contributed by atoms with Gasteiger partial charge in [-0.05, 0) is 26.3 Å². The number of hydrogen-bond acceptors (Lipinski definition) is 2. The van der Waals surface area contributed by atoms with Crippen molar-refractivity contribution < 1.29 is 0 Å². The van der Waals surface area contributed by atoms with Crippen LogP contribution in [0.4, 0.5) is 0 Å². The van der Waals surface area contributed by atoms with Crippen molar-refractivity contribution in [1.29, 1.82) is 0 Å². The summed E-state index contributed by atoms with van der Waals surface area (Å²) in [5.41, 5.74) is 0. The Morgan fingerprint density at radius 2 is 2.14 bits per heavy atom. The maximum absolute atomic E-state index is 4.61. The van der Waals surface area contributed by atoms with Gasteiger partial charge in [0, 0.05) is 25.0 Å². The van der Waals surface area contributed by atoms with E-state index < -0.39 is 0 Å². The molecule has 1 rings (SSSR count). The maximum Gasteiger partial charge on any atom is 0.191 e. The van der Waals surface area contributed by atoms with Gasteiger partial charge in [-0.15, -0.1) is 0 Å². The zero-order valence-electron chi connectivity index (χ0n) is 13.8. The lowest BCUT2D eigenvalue weighted by atomic mass is 10.1. The van der Waals surface area contributed by atoms with Crippen molar-refractivity contribution in [2.75, 3.05) is 13.1 Å². The van der Waals surface area contributed by atoms with Crippen LogP contribution in [0.2, 0.25) is 0 Å². The van der Waals surface area contributed by atoms with E-state index in [1.54, 1.807) is 6.20 Å². The van der Waals surface area contributed by atoms with Crippen LogP contribution in [0.5, 0.6) is 0 Å². The minimum absolute atomic E-state index is 0.462. The van der Waals surface area contributed by atoms with Gasteiger partial charge in [0.15, 0.2) is 5.96 Å². The van der Waals surface area contributed by atoms with Crippen molar-refractivity contribution in [3.63, 3.8) is 0 Å². The van der Waals surface area contributed by atoms with E-state index in [1.165, 1.54) is 32.1 Å². The number of unbranched alkanes of at least 4 members (excludes halogenated alkanes) is 3. The van der Waals surface area contributed by atoms with Gasteiger partial charge in [-0.2, -0.15) is 5.10 Å². The molecule has 0 aliphatic carbocycles. The van der Waals surface area contributed by atoms with Crippen molar-refractivity contribution >= 4 is 5.96 Å². The predicted octanol–water partition coefficient (Wildman–Crippen LogP) is 2.80. The van der Waals surface area contributed by atoms with Crippen molar-refractivity contribution in [2.45, 2.75) is 65.5 Å². The van der Waals surface area contributed by atoms with Gasteiger partial charge in [-0.3, -0.25) is 9.67 Å². The molecule has 1 aromatic rings. The van der Waals surface area contributed by atoms with E-state index in [-0.39, 0.29) is 0 Å². The van der Waals surface area contributed by atoms with Crippen LogP contribution in [0.15, 0.2) is 23.5 Å². The van der Waals surface area contributed by atoms with Crippen LogP contribution in [0, 0.1) is 0 Å². The molecule has 0 saturated carbocycles. The molecule has 1 atom stereocenters. The Morgan fingerprint density at radius 1 is 1.29 bits per heavy atom. The Hall–Kier alpha value is -1.52. The molecule has 0 amide bonds. The normalized spacial score (nSPS) is 13.2. The zero-order valence-corrected chi connectivity index (χ0v) is 13.8. The lowest BCUT2D eigenvalue weighted by Crippen LogP contribution is -2.42. The van der Waals surface area contributed by atoms with Gasteiger partial charge in [0.25, 0.3) is 0 Å². The summed E-state index contributed by atoms with van der Waals surface area (Å²) >= 11 is 0. The molecule has 0 spiro atoms. The van der Waals surface area contributed by atoms with Gasteiger partial charge in [-0.1, -0.05) is 32.6 Å². The number of aromatic nitrogens is 2. The third-order valence-corrected chi connectivity index (χ3v) is 3.38. The Labute approximate surface area is 129 Å². The lowest BCUT2D eigenvalue weighted by Gasteiger charge is -2.17. The van der Waals surface area contributed by atoms with Crippen molar-refractivity contribution in [2.24, 2.45) is 4.99 Å². The fraction of sp³-hybridized carbons (Fsp3) is 0.750. The molecule has 1 aromatic heterocycles. The van der Waals surface area contributed by atoms with Crippen molar-refractivity contribution in [3.8, 4) is 0 Å². The maximum atomic E-state index is 4.61. The number of hydrogen-bond donors (Lipinski definition) is 2. The third-order valence-electron chi connectivity index (χ3n) is 3.38. The van der Waals surface area contributed by atoms with Crippen LogP contribution >= 0.6 is 0 Å². The molecular formula is C16H31N5. The third kappa shape index (κ3) is 8.38. The number of rotatable bonds is 10. The summed E-state index contributed by atoms with van der Waals surface area (Å²) in [7, 11) is 0. The highest BCUT2D eigenvalue weighted by atomic mass is 15.3. The monoisotopic (exact) mass is 293 g/mol. The van der Waals surface area contributed by atoms with Gasteiger partial charge < -0.3 is 10.6 Å². The van der Waals surface area contributed by atoms with Crippen LogP contribution in [0.3, 0.4) is 0 Å². The van der Waals surface area contributed by atoms with E-state index in [0.29, 0.717) is 6.04 Å². The Bertz CT molecular complexity index is 372. The van der Waals surface area contributed by atoms with E-state index in [4.69, 9.17) is 0 Å². The molecule has 0 aliphatic heterocycles. The van der Waals surface area contributed by atoms with Gasteiger partial charge >= 0.3 is 0 Å². The van der Waals surface area contributed by atoms with E-state index in [0.717, 1.165) is 25.6 Å². The number of nitrogens with zero attached hydrogens (tertiary/aromatic N) is 3. The number of aliphatic imine (C=N–C) groups is 1. The first-order valence-electron chi connectivity index (χ1n) is 8.28. The second-order valence-corrected chi connectivity index (χ2v) is 5.42. The highest BCUT2D eigenvalue weighted by Gasteiger charge is 2.04. The Morgan fingerprint density at radius 3 is 2.81 bits per heavy atom. The molecule has 5 nitrogen and oxygen atoms in total. The molecule has 5 heteroatoms. The Balaban J connectivity index is 2.30. The SMILES string of the molecule is CCCCCCC(C)NC(=NCCn1cccn1)NCC. The first-order chi connectivity index (χ1) is 10.3. The topological polar surface area (TPSA) is 54.2 Å². The molecular weight excluding hydrogens is 262 g/mol. The van der Waals surface area contributed by atoms with E-state index in [9.17, 15) is 0 Å². The molecule has 0 radical (unpaired) electrons. The van der Waals surface area contributed by atoms with Gasteiger partial charge in [0.2, 0.25) is 0 Å². The second kappa shape index (κ2) is 11.2. The standard InChI is InChI=1S/C16H31N5/c1-4-6-7-8-10-15(3)20-16(17-5-2)18-12-14-21-13-9-11-19-21/h9,11,13,15H,4-8,10,12,14H2,1-3H3,(H2,17,18,20). The average Bonchev–Trinajstić information content (AvgIpc) is 2.97. The summed E-state index contributed by atoms with van der Waals surface area (Å²) in [6.45, 7) is 9.00. The molecule has 1 heterocycles. The molecule has 120 valence electrons. The smallest absolute Gasteiger partial charge is 0.191 e. The summed E-state index contributed by atoms with van der Waals surface area (Å²) in [6.07, 6.45) is 10.2. The number of nitrogens with one attached hydrogen (secondary N) is 2. The molecule has 1 unspecified atom stereocenters. The molecule has 2 N–H and O–H groups in total. The second-order valence-electron chi connectivity index (χ2n) is 5.42. The molecule has 0 saturated heterocycles. The summed E-state index contributed by atoms with van der Waals surface area (Å²) in [5.74, 6) is 0.910. The van der Waals surface area contributed by atoms with Crippen LogP contribution in [0.25, 0.3) is 0 Å². The first-order valence-corrected chi connectivity index (χ1v) is 8.28. The molecule has 0 aromatic carbocycles. The highest BCUT2D eigenvalue weighted by Crippen LogP contribution is 2.05. The summed E-state index contributed by atoms with van der Waals surface area (Å²) in [4.78, 5) is 4.61. The fourth-order valence-electron chi connectivity index (χ4n) is 2.20. The van der Waals surface area contributed by atoms with Crippen LogP contribution < -0.4 is 10.6 Å². The fourth-order valence-corrected chi connectivity index (χ4v) is 2.20. The average molecular weight is 293 g/mol. The molecule has 0 fully saturated rings. The van der Waals surface area contributed by atoms with Crippen molar-refractivity contribution in [3.05, 3.63) is 18.5 Å². The lowest BCUT2D eigenvalue weighted by molar-refractivity contribution is 0.536. The minimum Gasteiger partial charge on any atom is -0.357 e. The van der Waals surface area contributed by atoms with Crippen LogP contribution in [0.1, 0.15) is 52.9 Å². The van der Waals surface area contributed by atoms with E-state index >= 15 is 0 Å². The summed E-state index contributed by atoms with van der Waals surface area (Å²) in [6, 6.07) is 2.40. The summed E-state index contributed by atoms with van der Waals surface area (Å²) in [5, 5.41) is 11.0. The largest absolute Gasteiger partial charge is 0.357 e. The minimum atomic E-state index is 0.462. The first kappa shape index (κ1) is 17.5. The van der Waals surface area contributed by atoms with Gasteiger partial charge in [-0.25, -0.2) is 0 Å². The molecule has 0 aliphatic rings. The Kier molecular flexibility index (Phi) is 9.33. The van der Waals surface area contributed by atoms with E-state index in [1.807, 2.05) is 16.9 Å². The van der Waals surface area contributed by atoms with Gasteiger partial charge in [0.05, 0.1) is 13.1 Å². The predicted molar refractivity (Wildman–Crippen MR) is 89.6 cm³/mol. The van der Waals surface area contributed by atoms with Crippen LogP contribution in [-0.2, 0) is 6.54 Å². The summed E-state index contributed by atoms with van der Waals surface area (Å²) < 4.78 is 1.90. The van der Waals surface area contributed by atoms with Crippen molar-refractivity contribution in [1.82, 2.24) is 20.4 Å². The molecule has 0 bridgehead atoms. The van der Waals surface area contributed by atoms with E-state index in [2.05, 4.69) is 41.5 Å².